The van der Waals surface area contributed by atoms with E-state index in [2.05, 4.69) is 43.4 Å². The predicted octanol–water partition coefficient (Wildman–Crippen LogP) is 1.76. The van der Waals surface area contributed by atoms with Crippen LogP contribution in [0.25, 0.3) is 0 Å². The molecule has 0 bridgehead atoms. The Kier molecular flexibility index (Phi) is 3.82. The van der Waals surface area contributed by atoms with Crippen molar-refractivity contribution in [1.29, 1.82) is 0 Å². The SMILES string of the molecule is Cc1ccc(C(N)CNC2(C)CCOC2)cc1. The molecule has 0 saturated carbocycles. The van der Waals surface area contributed by atoms with Crippen molar-refractivity contribution in [3.05, 3.63) is 35.4 Å². The molecule has 2 atom stereocenters. The molecule has 2 unspecified atom stereocenters. The lowest BCUT2D eigenvalue weighted by Gasteiger charge is -2.26. The van der Waals surface area contributed by atoms with Gasteiger partial charge in [0.2, 0.25) is 0 Å². The number of ether oxygens (including phenoxy) is 1. The summed E-state index contributed by atoms with van der Waals surface area (Å²) >= 11 is 0. The van der Waals surface area contributed by atoms with Crippen LogP contribution in [0.4, 0.5) is 0 Å². The maximum absolute atomic E-state index is 6.18. The summed E-state index contributed by atoms with van der Waals surface area (Å²) in [4.78, 5) is 0. The van der Waals surface area contributed by atoms with Crippen LogP contribution in [0.15, 0.2) is 24.3 Å². The van der Waals surface area contributed by atoms with Gasteiger partial charge in [-0.15, -0.1) is 0 Å². The second-order valence-corrected chi connectivity index (χ2v) is 5.26. The zero-order chi connectivity index (χ0) is 12.3. The van der Waals surface area contributed by atoms with Crippen molar-refractivity contribution in [2.75, 3.05) is 19.8 Å². The zero-order valence-corrected chi connectivity index (χ0v) is 10.7. The van der Waals surface area contributed by atoms with Gasteiger partial charge in [0.25, 0.3) is 0 Å². The number of nitrogens with two attached hydrogens (primary N) is 1. The normalized spacial score (nSPS) is 26.1. The van der Waals surface area contributed by atoms with Crippen LogP contribution in [0.5, 0.6) is 0 Å². The van der Waals surface area contributed by atoms with Gasteiger partial charge in [-0.2, -0.15) is 0 Å². The third-order valence-electron chi connectivity index (χ3n) is 3.47. The van der Waals surface area contributed by atoms with Crippen LogP contribution in [0.3, 0.4) is 0 Å². The maximum atomic E-state index is 6.18. The molecule has 1 aliphatic rings. The molecule has 0 aliphatic carbocycles. The summed E-state index contributed by atoms with van der Waals surface area (Å²) in [6, 6.07) is 8.48. The van der Waals surface area contributed by atoms with E-state index in [0.717, 1.165) is 26.2 Å². The minimum absolute atomic E-state index is 0.0491. The monoisotopic (exact) mass is 234 g/mol. The Labute approximate surface area is 103 Å². The van der Waals surface area contributed by atoms with Crippen LogP contribution in [0, 0.1) is 6.92 Å². The van der Waals surface area contributed by atoms with Crippen molar-refractivity contribution in [2.45, 2.75) is 31.8 Å². The number of hydrogen-bond donors (Lipinski definition) is 2. The van der Waals surface area contributed by atoms with Crippen LogP contribution < -0.4 is 11.1 Å². The van der Waals surface area contributed by atoms with Gasteiger partial charge in [-0.25, -0.2) is 0 Å². The van der Waals surface area contributed by atoms with Crippen LogP contribution in [0.1, 0.15) is 30.5 Å². The van der Waals surface area contributed by atoms with E-state index in [9.17, 15) is 0 Å². The molecule has 1 aromatic carbocycles. The van der Waals surface area contributed by atoms with Gasteiger partial charge in [-0.3, -0.25) is 0 Å². The van der Waals surface area contributed by atoms with Crippen molar-refractivity contribution < 1.29 is 4.74 Å². The first kappa shape index (κ1) is 12.6. The smallest absolute Gasteiger partial charge is 0.0646 e. The number of nitrogens with one attached hydrogen (secondary N) is 1. The predicted molar refractivity (Wildman–Crippen MR) is 70.0 cm³/mol. The third-order valence-corrected chi connectivity index (χ3v) is 3.47. The van der Waals surface area contributed by atoms with E-state index >= 15 is 0 Å². The van der Waals surface area contributed by atoms with Crippen LogP contribution >= 0.6 is 0 Å². The van der Waals surface area contributed by atoms with Gasteiger partial charge in [-0.05, 0) is 25.8 Å². The quantitative estimate of drug-likeness (QED) is 0.834. The molecule has 2 rings (SSSR count). The maximum Gasteiger partial charge on any atom is 0.0646 e. The topological polar surface area (TPSA) is 47.3 Å². The van der Waals surface area contributed by atoms with E-state index in [4.69, 9.17) is 10.5 Å². The lowest BCUT2D eigenvalue weighted by molar-refractivity contribution is 0.171. The molecule has 1 fully saturated rings. The molecule has 3 N–H and O–H groups in total. The molecule has 94 valence electrons. The molecular weight excluding hydrogens is 212 g/mol. The van der Waals surface area contributed by atoms with E-state index in [1.807, 2.05) is 0 Å². The first-order valence-corrected chi connectivity index (χ1v) is 6.24. The standard InChI is InChI=1S/C14H22N2O/c1-11-3-5-12(6-4-11)13(15)9-16-14(2)7-8-17-10-14/h3-6,13,16H,7-10,15H2,1-2H3. The molecule has 1 saturated heterocycles. The second kappa shape index (κ2) is 5.17. The summed E-state index contributed by atoms with van der Waals surface area (Å²) < 4.78 is 5.41. The van der Waals surface area contributed by atoms with Crippen molar-refractivity contribution in [3.8, 4) is 0 Å². The Bertz CT molecular complexity index is 355. The first-order valence-electron chi connectivity index (χ1n) is 6.24. The summed E-state index contributed by atoms with van der Waals surface area (Å²) in [6.45, 7) is 6.71. The molecule has 0 spiro atoms. The number of aryl methyl sites for hydroxylation is 1. The van der Waals surface area contributed by atoms with E-state index < -0.39 is 0 Å². The number of benzene rings is 1. The Morgan fingerprint density at radius 1 is 1.41 bits per heavy atom. The Balaban J connectivity index is 1.88. The Morgan fingerprint density at radius 2 is 2.12 bits per heavy atom. The van der Waals surface area contributed by atoms with Gasteiger partial charge in [-0.1, -0.05) is 29.8 Å². The van der Waals surface area contributed by atoms with Gasteiger partial charge in [0.1, 0.15) is 0 Å². The molecule has 1 aromatic rings. The van der Waals surface area contributed by atoms with Gasteiger partial charge in [0.15, 0.2) is 0 Å². The molecule has 0 radical (unpaired) electrons. The minimum Gasteiger partial charge on any atom is -0.379 e. The van der Waals surface area contributed by atoms with Crippen molar-refractivity contribution in [3.63, 3.8) is 0 Å². The molecule has 3 nitrogen and oxygen atoms in total. The second-order valence-electron chi connectivity index (χ2n) is 5.26. The summed E-state index contributed by atoms with van der Waals surface area (Å²) in [5.74, 6) is 0. The van der Waals surface area contributed by atoms with Crippen LogP contribution in [0.2, 0.25) is 0 Å². The highest BCUT2D eigenvalue weighted by molar-refractivity contribution is 5.24. The average molecular weight is 234 g/mol. The van der Waals surface area contributed by atoms with Crippen LogP contribution in [-0.4, -0.2) is 25.3 Å². The van der Waals surface area contributed by atoms with E-state index in [1.54, 1.807) is 0 Å². The van der Waals surface area contributed by atoms with Crippen molar-refractivity contribution in [2.24, 2.45) is 5.73 Å². The van der Waals surface area contributed by atoms with Gasteiger partial charge >= 0.3 is 0 Å². The fourth-order valence-electron chi connectivity index (χ4n) is 2.09. The highest BCUT2D eigenvalue weighted by Gasteiger charge is 2.29. The van der Waals surface area contributed by atoms with Crippen molar-refractivity contribution >= 4 is 0 Å². The Hall–Kier alpha value is -0.900. The first-order chi connectivity index (χ1) is 8.09. The zero-order valence-electron chi connectivity index (χ0n) is 10.7. The molecule has 0 amide bonds. The average Bonchev–Trinajstić information content (AvgIpc) is 2.75. The largest absolute Gasteiger partial charge is 0.379 e. The molecule has 17 heavy (non-hydrogen) atoms. The lowest BCUT2D eigenvalue weighted by atomic mass is 10.00. The molecule has 1 aliphatic heterocycles. The summed E-state index contributed by atoms with van der Waals surface area (Å²) in [7, 11) is 0. The molecule has 1 heterocycles. The molecule has 0 aromatic heterocycles. The fourth-order valence-corrected chi connectivity index (χ4v) is 2.09. The molecular formula is C14H22N2O. The summed E-state index contributed by atoms with van der Waals surface area (Å²) in [5.41, 5.74) is 8.73. The van der Waals surface area contributed by atoms with Crippen LogP contribution in [-0.2, 0) is 4.74 Å². The van der Waals surface area contributed by atoms with Gasteiger partial charge in [0.05, 0.1) is 6.61 Å². The highest BCUT2D eigenvalue weighted by atomic mass is 16.5. The van der Waals surface area contributed by atoms with E-state index in [1.165, 1.54) is 11.1 Å². The fraction of sp³-hybridized carbons (Fsp3) is 0.571. The summed E-state index contributed by atoms with van der Waals surface area (Å²) in [5, 5.41) is 3.52. The van der Waals surface area contributed by atoms with E-state index in [-0.39, 0.29) is 11.6 Å². The van der Waals surface area contributed by atoms with E-state index in [0.29, 0.717) is 0 Å². The van der Waals surface area contributed by atoms with Gasteiger partial charge in [0, 0.05) is 24.7 Å². The minimum atomic E-state index is 0.0491. The number of hydrogen-bond acceptors (Lipinski definition) is 3. The third kappa shape index (κ3) is 3.28. The van der Waals surface area contributed by atoms with Crippen molar-refractivity contribution in [1.82, 2.24) is 5.32 Å². The van der Waals surface area contributed by atoms with Gasteiger partial charge < -0.3 is 15.8 Å². The highest BCUT2D eigenvalue weighted by Crippen LogP contribution is 2.18. The lowest BCUT2D eigenvalue weighted by Crippen LogP contribution is -2.45. The number of rotatable bonds is 4. The summed E-state index contributed by atoms with van der Waals surface area (Å²) in [6.07, 6.45) is 1.06. The molecule has 3 heteroatoms. The Morgan fingerprint density at radius 3 is 2.71 bits per heavy atom.